The van der Waals surface area contributed by atoms with Crippen LogP contribution in [0.25, 0.3) is 0 Å². The van der Waals surface area contributed by atoms with Gasteiger partial charge in [-0.15, -0.1) is 0 Å². The Hall–Kier alpha value is -0.860. The van der Waals surface area contributed by atoms with Crippen molar-refractivity contribution >= 4 is 0 Å². The second kappa shape index (κ2) is 6.06. The van der Waals surface area contributed by atoms with Crippen LogP contribution in [0, 0.1) is 0 Å². The first-order chi connectivity index (χ1) is 9.40. The van der Waals surface area contributed by atoms with E-state index in [1.807, 2.05) is 0 Å². The second-order valence-corrected chi connectivity index (χ2v) is 6.03. The Morgan fingerprint density at radius 2 is 2.11 bits per heavy atom. The fourth-order valence-electron chi connectivity index (χ4n) is 3.93. The topological polar surface area (TPSA) is 15.3 Å². The van der Waals surface area contributed by atoms with Crippen LogP contribution in [0.15, 0.2) is 24.3 Å². The van der Waals surface area contributed by atoms with Gasteiger partial charge in [0, 0.05) is 12.1 Å². The Bertz CT molecular complexity index is 415. The first-order valence-electron chi connectivity index (χ1n) is 7.88. The van der Waals surface area contributed by atoms with Crippen LogP contribution in [-0.4, -0.2) is 31.1 Å². The zero-order chi connectivity index (χ0) is 13.1. The van der Waals surface area contributed by atoms with Gasteiger partial charge in [0.25, 0.3) is 0 Å². The quantitative estimate of drug-likeness (QED) is 0.892. The van der Waals surface area contributed by atoms with E-state index >= 15 is 0 Å². The van der Waals surface area contributed by atoms with Gasteiger partial charge in [-0.3, -0.25) is 4.90 Å². The predicted octanol–water partition coefficient (Wildman–Crippen LogP) is 3.14. The Labute approximate surface area is 117 Å². The van der Waals surface area contributed by atoms with Gasteiger partial charge in [0.15, 0.2) is 0 Å². The van der Waals surface area contributed by atoms with Crippen molar-refractivity contribution < 1.29 is 0 Å². The Balaban J connectivity index is 1.76. The summed E-state index contributed by atoms with van der Waals surface area (Å²) < 4.78 is 0. The number of aryl methyl sites for hydroxylation is 1. The lowest BCUT2D eigenvalue weighted by Crippen LogP contribution is -2.42. The smallest absolute Gasteiger partial charge is 0.0356 e. The highest BCUT2D eigenvalue weighted by Gasteiger charge is 2.33. The summed E-state index contributed by atoms with van der Waals surface area (Å²) in [5.74, 6) is 0. The summed E-state index contributed by atoms with van der Waals surface area (Å²) in [6.45, 7) is 2.45. The molecule has 0 spiro atoms. The van der Waals surface area contributed by atoms with Gasteiger partial charge in [0.2, 0.25) is 0 Å². The number of fused-ring (bicyclic) bond motifs is 1. The van der Waals surface area contributed by atoms with Crippen LogP contribution in [0.4, 0.5) is 0 Å². The van der Waals surface area contributed by atoms with E-state index in [-0.39, 0.29) is 0 Å². The maximum atomic E-state index is 3.32. The zero-order valence-corrected chi connectivity index (χ0v) is 12.1. The summed E-state index contributed by atoms with van der Waals surface area (Å²) in [5, 5.41) is 3.32. The van der Waals surface area contributed by atoms with Crippen LogP contribution in [0.5, 0.6) is 0 Å². The molecule has 2 nitrogen and oxygen atoms in total. The Morgan fingerprint density at radius 3 is 3.00 bits per heavy atom. The maximum absolute atomic E-state index is 3.32. The minimum atomic E-state index is 0.693. The number of hydrogen-bond acceptors (Lipinski definition) is 2. The molecule has 104 valence electrons. The molecule has 1 saturated heterocycles. The van der Waals surface area contributed by atoms with Gasteiger partial charge >= 0.3 is 0 Å². The van der Waals surface area contributed by atoms with Crippen LogP contribution >= 0.6 is 0 Å². The maximum Gasteiger partial charge on any atom is 0.0356 e. The molecule has 0 bridgehead atoms. The van der Waals surface area contributed by atoms with Crippen molar-refractivity contribution in [3.8, 4) is 0 Å². The van der Waals surface area contributed by atoms with Crippen molar-refractivity contribution in [2.75, 3.05) is 20.1 Å². The predicted molar refractivity (Wildman–Crippen MR) is 80.4 cm³/mol. The monoisotopic (exact) mass is 258 g/mol. The molecule has 2 aliphatic rings. The van der Waals surface area contributed by atoms with E-state index < -0.39 is 0 Å². The van der Waals surface area contributed by atoms with Gasteiger partial charge in [0.05, 0.1) is 0 Å². The van der Waals surface area contributed by atoms with E-state index in [9.17, 15) is 0 Å². The summed E-state index contributed by atoms with van der Waals surface area (Å²) in [5.41, 5.74) is 3.20. The fraction of sp³-hybridized carbons (Fsp3) is 0.647. The molecule has 2 atom stereocenters. The van der Waals surface area contributed by atoms with Gasteiger partial charge in [-0.1, -0.05) is 30.7 Å². The van der Waals surface area contributed by atoms with Crippen LogP contribution in [-0.2, 0) is 6.42 Å². The van der Waals surface area contributed by atoms with E-state index in [1.165, 1.54) is 45.1 Å². The molecule has 1 aromatic carbocycles. The van der Waals surface area contributed by atoms with Crippen molar-refractivity contribution in [2.24, 2.45) is 0 Å². The summed E-state index contributed by atoms with van der Waals surface area (Å²) in [4.78, 5) is 2.81. The third-order valence-electron chi connectivity index (χ3n) is 4.90. The molecule has 0 aromatic heterocycles. The highest BCUT2D eigenvalue weighted by atomic mass is 15.2. The van der Waals surface area contributed by atoms with Gasteiger partial charge in [-0.25, -0.2) is 0 Å². The standard InChI is InChI=1S/C17H26N2/c1-18-12-11-15-7-4-5-13-19(15)17-10-9-14-6-2-3-8-16(14)17/h2-3,6,8,15,17-18H,4-5,7,9-13H2,1H3. The summed E-state index contributed by atoms with van der Waals surface area (Å²) >= 11 is 0. The van der Waals surface area contributed by atoms with E-state index in [0.29, 0.717) is 6.04 Å². The van der Waals surface area contributed by atoms with Crippen molar-refractivity contribution in [3.05, 3.63) is 35.4 Å². The van der Waals surface area contributed by atoms with E-state index in [2.05, 4.69) is 41.5 Å². The van der Waals surface area contributed by atoms with Gasteiger partial charge in [-0.05, 0) is 63.4 Å². The normalized spacial score (nSPS) is 27.4. The molecular weight excluding hydrogens is 232 g/mol. The number of piperidine rings is 1. The van der Waals surface area contributed by atoms with E-state index in [4.69, 9.17) is 0 Å². The van der Waals surface area contributed by atoms with Gasteiger partial charge in [0.1, 0.15) is 0 Å². The van der Waals surface area contributed by atoms with E-state index in [1.54, 1.807) is 11.1 Å². The SMILES string of the molecule is CNCCC1CCCCN1C1CCc2ccccc21. The average molecular weight is 258 g/mol. The van der Waals surface area contributed by atoms with Crippen molar-refractivity contribution in [3.63, 3.8) is 0 Å². The minimum absolute atomic E-state index is 0.693. The van der Waals surface area contributed by atoms with Crippen LogP contribution in [0.3, 0.4) is 0 Å². The molecule has 0 radical (unpaired) electrons. The number of likely N-dealkylation sites (tertiary alicyclic amines) is 1. The largest absolute Gasteiger partial charge is 0.320 e. The minimum Gasteiger partial charge on any atom is -0.320 e. The third kappa shape index (κ3) is 2.70. The number of hydrogen-bond donors (Lipinski definition) is 1. The van der Waals surface area contributed by atoms with Crippen LogP contribution in [0.2, 0.25) is 0 Å². The van der Waals surface area contributed by atoms with Crippen molar-refractivity contribution in [1.29, 1.82) is 0 Å². The lowest BCUT2D eigenvalue weighted by atomic mass is 9.95. The Morgan fingerprint density at radius 1 is 1.21 bits per heavy atom. The molecule has 1 aliphatic carbocycles. The molecule has 2 unspecified atom stereocenters. The zero-order valence-electron chi connectivity index (χ0n) is 12.1. The summed E-state index contributed by atoms with van der Waals surface area (Å²) in [6, 6.07) is 10.6. The third-order valence-corrected chi connectivity index (χ3v) is 4.90. The molecule has 1 aliphatic heterocycles. The molecule has 1 heterocycles. The fourth-order valence-corrected chi connectivity index (χ4v) is 3.93. The average Bonchev–Trinajstić information content (AvgIpc) is 2.89. The number of nitrogens with zero attached hydrogens (tertiary/aromatic N) is 1. The number of rotatable bonds is 4. The molecule has 3 rings (SSSR count). The van der Waals surface area contributed by atoms with Crippen molar-refractivity contribution in [1.82, 2.24) is 10.2 Å². The van der Waals surface area contributed by atoms with Crippen LogP contribution in [0.1, 0.15) is 49.3 Å². The molecule has 1 aromatic rings. The molecule has 1 fully saturated rings. The lowest BCUT2D eigenvalue weighted by molar-refractivity contribution is 0.0889. The van der Waals surface area contributed by atoms with Crippen molar-refractivity contribution in [2.45, 2.75) is 50.6 Å². The molecule has 2 heteroatoms. The van der Waals surface area contributed by atoms with Crippen LogP contribution < -0.4 is 5.32 Å². The highest BCUT2D eigenvalue weighted by molar-refractivity contribution is 5.34. The molecule has 0 saturated carbocycles. The first kappa shape index (κ1) is 13.1. The lowest BCUT2D eigenvalue weighted by Gasteiger charge is -2.40. The highest BCUT2D eigenvalue weighted by Crippen LogP contribution is 2.39. The second-order valence-electron chi connectivity index (χ2n) is 6.03. The first-order valence-corrected chi connectivity index (χ1v) is 7.88. The molecule has 0 amide bonds. The summed E-state index contributed by atoms with van der Waals surface area (Å²) in [7, 11) is 2.07. The van der Waals surface area contributed by atoms with Gasteiger partial charge in [-0.2, -0.15) is 0 Å². The number of nitrogens with one attached hydrogen (secondary N) is 1. The Kier molecular flexibility index (Phi) is 4.19. The molecule has 1 N–H and O–H groups in total. The molecular formula is C17H26N2. The summed E-state index contributed by atoms with van der Waals surface area (Å²) in [6.07, 6.45) is 8.09. The number of benzene rings is 1. The van der Waals surface area contributed by atoms with Gasteiger partial charge < -0.3 is 5.32 Å². The molecule has 19 heavy (non-hydrogen) atoms. The van der Waals surface area contributed by atoms with E-state index in [0.717, 1.165) is 12.6 Å².